The lowest BCUT2D eigenvalue weighted by Gasteiger charge is -2.36. The van der Waals surface area contributed by atoms with Crippen molar-refractivity contribution in [1.82, 2.24) is 15.3 Å². The molecule has 1 saturated carbocycles. The number of rotatable bonds is 4. The van der Waals surface area contributed by atoms with Gasteiger partial charge in [-0.3, -0.25) is 0 Å². The number of carbonyl (C=O) groups is 1. The number of hydrogen-bond donors (Lipinski definition) is 2. The van der Waals surface area contributed by atoms with Crippen LogP contribution in [-0.2, 0) is 26.7 Å². The lowest BCUT2D eigenvalue weighted by molar-refractivity contribution is 0.0984. The summed E-state index contributed by atoms with van der Waals surface area (Å²) in [5.41, 5.74) is 3.02. The van der Waals surface area contributed by atoms with Crippen LogP contribution >= 0.6 is 0 Å². The van der Waals surface area contributed by atoms with E-state index in [-0.39, 0.29) is 23.6 Å². The number of nitrogens with zero attached hydrogens (tertiary/aromatic N) is 3. The molecule has 170 valence electrons. The minimum atomic E-state index is -3.16. The van der Waals surface area contributed by atoms with Gasteiger partial charge in [0.05, 0.1) is 36.5 Å². The quantitative estimate of drug-likeness (QED) is 0.723. The van der Waals surface area contributed by atoms with Crippen LogP contribution in [0.2, 0.25) is 0 Å². The van der Waals surface area contributed by atoms with Gasteiger partial charge in [-0.25, -0.2) is 23.2 Å². The Kier molecular flexibility index (Phi) is 5.50. The summed E-state index contributed by atoms with van der Waals surface area (Å²) in [4.78, 5) is 23.7. The first-order valence-electron chi connectivity index (χ1n) is 11.0. The fraction of sp³-hybridized carbons (Fsp3) is 0.500. The average molecular weight is 458 g/mol. The number of ether oxygens (including phenoxy) is 1. The van der Waals surface area contributed by atoms with Gasteiger partial charge in [0.2, 0.25) is 0 Å². The van der Waals surface area contributed by atoms with Gasteiger partial charge in [0.1, 0.15) is 5.82 Å². The summed E-state index contributed by atoms with van der Waals surface area (Å²) in [7, 11) is -3.16. The number of fused-ring (bicyclic) bond motifs is 1. The molecule has 0 radical (unpaired) electrons. The first-order valence-corrected chi connectivity index (χ1v) is 12.8. The zero-order valence-electron chi connectivity index (χ0n) is 18.0. The van der Waals surface area contributed by atoms with Crippen LogP contribution in [0.15, 0.2) is 24.3 Å². The molecule has 32 heavy (non-hydrogen) atoms. The molecule has 1 aromatic heterocycles. The van der Waals surface area contributed by atoms with E-state index in [2.05, 4.69) is 22.5 Å². The fourth-order valence-electron chi connectivity index (χ4n) is 4.11. The average Bonchev–Trinajstić information content (AvgIpc) is 3.57. The van der Waals surface area contributed by atoms with Crippen LogP contribution in [0.4, 0.5) is 16.3 Å². The van der Waals surface area contributed by atoms with E-state index in [1.54, 1.807) is 0 Å². The van der Waals surface area contributed by atoms with Crippen molar-refractivity contribution in [2.24, 2.45) is 0 Å². The highest BCUT2D eigenvalue weighted by atomic mass is 32.2. The molecule has 0 bridgehead atoms. The van der Waals surface area contributed by atoms with Crippen LogP contribution in [0.3, 0.4) is 0 Å². The molecule has 2 amide bonds. The monoisotopic (exact) mass is 457 g/mol. The molecule has 1 atom stereocenters. The Balaban J connectivity index is 1.46. The lowest BCUT2D eigenvalue weighted by atomic mass is 10.1. The zero-order valence-corrected chi connectivity index (χ0v) is 18.8. The second-order valence-electron chi connectivity index (χ2n) is 8.71. The van der Waals surface area contributed by atoms with E-state index in [4.69, 9.17) is 14.7 Å². The first kappa shape index (κ1) is 21.1. The number of amides is 2. The molecule has 3 aliphatic rings. The molecule has 1 saturated heterocycles. The second-order valence-corrected chi connectivity index (χ2v) is 10.9. The van der Waals surface area contributed by atoms with Gasteiger partial charge < -0.3 is 20.3 Å². The Hall–Kier alpha value is -2.72. The number of aromatic nitrogens is 2. The molecule has 9 nitrogen and oxygen atoms in total. The van der Waals surface area contributed by atoms with Crippen molar-refractivity contribution in [2.45, 2.75) is 44.0 Å². The molecule has 2 fully saturated rings. The normalized spacial score (nSPS) is 22.2. The molecule has 0 spiro atoms. The number of benzene rings is 1. The molecular weight excluding hydrogens is 430 g/mol. The fourth-order valence-corrected chi connectivity index (χ4v) is 5.49. The molecule has 5 rings (SSSR count). The summed E-state index contributed by atoms with van der Waals surface area (Å²) >= 11 is 0. The van der Waals surface area contributed by atoms with Gasteiger partial charge in [-0.1, -0.05) is 0 Å². The standard InChI is InChI=1S/C22H27N5O4S/c1-14-12-31-10-9-27(14)21-18-13-32(29,30)11-8-19(18)25-20(26-21)15-2-4-16(5-3-15)23-22(28)24-17-6-7-17/h2-5,14,17H,6-13H2,1H3,(H2,23,24,28). The minimum Gasteiger partial charge on any atom is -0.377 e. The molecule has 3 heterocycles. The van der Waals surface area contributed by atoms with Crippen molar-refractivity contribution >= 4 is 27.4 Å². The number of sulfone groups is 1. The van der Waals surface area contributed by atoms with Gasteiger partial charge in [-0.2, -0.15) is 0 Å². The molecule has 10 heteroatoms. The predicted molar refractivity (Wildman–Crippen MR) is 121 cm³/mol. The van der Waals surface area contributed by atoms with Crippen molar-refractivity contribution in [2.75, 3.05) is 35.7 Å². The van der Waals surface area contributed by atoms with Gasteiger partial charge in [-0.15, -0.1) is 0 Å². The number of carbonyl (C=O) groups excluding carboxylic acids is 1. The maximum Gasteiger partial charge on any atom is 0.319 e. The van der Waals surface area contributed by atoms with E-state index in [9.17, 15) is 13.2 Å². The Morgan fingerprint density at radius 2 is 1.97 bits per heavy atom. The lowest BCUT2D eigenvalue weighted by Crippen LogP contribution is -2.45. The summed E-state index contributed by atoms with van der Waals surface area (Å²) < 4.78 is 30.2. The van der Waals surface area contributed by atoms with Crippen molar-refractivity contribution < 1.29 is 17.9 Å². The highest BCUT2D eigenvalue weighted by Gasteiger charge is 2.31. The van der Waals surface area contributed by atoms with E-state index < -0.39 is 9.84 Å². The van der Waals surface area contributed by atoms with Crippen LogP contribution in [-0.4, -0.2) is 62.0 Å². The topological polar surface area (TPSA) is 114 Å². The number of anilines is 2. The van der Waals surface area contributed by atoms with E-state index in [0.717, 1.165) is 24.1 Å². The highest BCUT2D eigenvalue weighted by molar-refractivity contribution is 7.90. The molecule has 1 aromatic carbocycles. The first-order chi connectivity index (χ1) is 15.4. The Morgan fingerprint density at radius 1 is 1.19 bits per heavy atom. The maximum absolute atomic E-state index is 12.3. The molecule has 2 N–H and O–H groups in total. The number of aryl methyl sites for hydroxylation is 1. The molecule has 1 aliphatic carbocycles. The third-order valence-corrected chi connectivity index (χ3v) is 7.59. The summed E-state index contributed by atoms with van der Waals surface area (Å²) in [5.74, 6) is 1.33. The molecule has 2 aliphatic heterocycles. The number of morpholine rings is 1. The third-order valence-electron chi connectivity index (χ3n) is 6.04. The van der Waals surface area contributed by atoms with Crippen LogP contribution in [0.1, 0.15) is 31.0 Å². The van der Waals surface area contributed by atoms with Crippen LogP contribution < -0.4 is 15.5 Å². The van der Waals surface area contributed by atoms with Gasteiger partial charge in [0.25, 0.3) is 0 Å². The maximum atomic E-state index is 12.3. The summed E-state index contributed by atoms with van der Waals surface area (Å²) in [6, 6.07) is 7.59. The summed E-state index contributed by atoms with van der Waals surface area (Å²) in [5, 5.41) is 5.74. The Labute approximate surface area is 187 Å². The van der Waals surface area contributed by atoms with Crippen LogP contribution in [0.25, 0.3) is 11.4 Å². The van der Waals surface area contributed by atoms with Gasteiger partial charge in [0.15, 0.2) is 15.7 Å². The predicted octanol–water partition coefficient (Wildman–Crippen LogP) is 2.12. The van der Waals surface area contributed by atoms with Crippen LogP contribution in [0.5, 0.6) is 0 Å². The summed E-state index contributed by atoms with van der Waals surface area (Å²) in [6.45, 7) is 3.86. The van der Waals surface area contributed by atoms with Crippen molar-refractivity contribution in [3.8, 4) is 11.4 Å². The van der Waals surface area contributed by atoms with E-state index >= 15 is 0 Å². The SMILES string of the molecule is CC1COCCN1c1nc(-c2ccc(NC(=O)NC3CC3)cc2)nc2c1CS(=O)(=O)CC2. The smallest absolute Gasteiger partial charge is 0.319 e. The van der Waals surface area contributed by atoms with Gasteiger partial charge in [0, 0.05) is 35.8 Å². The third kappa shape index (κ3) is 4.56. The summed E-state index contributed by atoms with van der Waals surface area (Å²) in [6.07, 6.45) is 2.46. The van der Waals surface area contributed by atoms with Crippen molar-refractivity contribution in [1.29, 1.82) is 0 Å². The molecule has 2 aromatic rings. The van der Waals surface area contributed by atoms with Crippen molar-refractivity contribution in [3.05, 3.63) is 35.5 Å². The number of hydrogen-bond acceptors (Lipinski definition) is 7. The zero-order chi connectivity index (χ0) is 22.3. The Bertz CT molecular complexity index is 1130. The minimum absolute atomic E-state index is 0.0268. The second kappa shape index (κ2) is 8.32. The van der Waals surface area contributed by atoms with Crippen molar-refractivity contribution in [3.63, 3.8) is 0 Å². The highest BCUT2D eigenvalue weighted by Crippen LogP contribution is 2.32. The molecule has 1 unspecified atom stereocenters. The number of nitrogens with one attached hydrogen (secondary N) is 2. The van der Waals surface area contributed by atoms with Gasteiger partial charge in [-0.05, 0) is 44.0 Å². The van der Waals surface area contributed by atoms with Crippen LogP contribution in [0, 0.1) is 0 Å². The molecular formula is C22H27N5O4S. The number of urea groups is 1. The van der Waals surface area contributed by atoms with E-state index in [1.807, 2.05) is 24.3 Å². The van der Waals surface area contributed by atoms with E-state index in [0.29, 0.717) is 55.1 Å². The Morgan fingerprint density at radius 3 is 2.69 bits per heavy atom. The van der Waals surface area contributed by atoms with Gasteiger partial charge >= 0.3 is 6.03 Å². The largest absolute Gasteiger partial charge is 0.377 e. The van der Waals surface area contributed by atoms with E-state index in [1.165, 1.54) is 0 Å².